The molecule has 26 heavy (non-hydrogen) atoms. The monoisotopic (exact) mass is 887 g/mol. The number of rotatable bonds is 4. The van der Waals surface area contributed by atoms with Crippen molar-refractivity contribution in [1.82, 2.24) is 10.2 Å². The van der Waals surface area contributed by atoms with E-state index in [0.717, 1.165) is 0 Å². The Hall–Kier alpha value is -1.86. The van der Waals surface area contributed by atoms with Gasteiger partial charge in [-0.05, 0) is 24.8 Å². The van der Waals surface area contributed by atoms with Crippen LogP contribution in [0, 0.1) is 19.2 Å². The van der Waals surface area contributed by atoms with Crippen LogP contribution in [0.5, 0.6) is 0 Å². The maximum Gasteiger partial charge on any atom is 0.158 e. The first-order valence-electron chi connectivity index (χ1n) is 7.26. The molecule has 1 aliphatic rings. The van der Waals surface area contributed by atoms with Crippen molar-refractivity contribution in [3.63, 3.8) is 0 Å². The van der Waals surface area contributed by atoms with Crippen LogP contribution in [0.2, 0.25) is 0 Å². The van der Waals surface area contributed by atoms with Gasteiger partial charge in [-0.15, -0.1) is 6.20 Å². The van der Waals surface area contributed by atoms with Crippen LogP contribution in [0.3, 0.4) is 0 Å². The smallest absolute Gasteiger partial charge is 0.158 e. The van der Waals surface area contributed by atoms with Gasteiger partial charge < -0.3 is 15.1 Å². The zero-order valence-electron chi connectivity index (χ0n) is 14.3. The average molecular weight is 887 g/mol. The summed E-state index contributed by atoms with van der Waals surface area (Å²) in [6, 6.07) is 8.51. The molecular weight excluding hydrogens is 870 g/mol. The molecule has 10 heteroatoms. The summed E-state index contributed by atoms with van der Waals surface area (Å²) < 4.78 is 25.6. The Balaban J connectivity index is 0.00000208. The number of nitrogens with zero attached hydrogens (tertiary/aromatic N) is 3. The third-order valence-electron chi connectivity index (χ3n) is 4.16. The normalized spacial score (nSPS) is 19.1. The van der Waals surface area contributed by atoms with E-state index in [1.165, 1.54) is 19.1 Å². The van der Waals surface area contributed by atoms with Crippen molar-refractivity contribution in [1.29, 1.82) is 0 Å². The second-order valence-electron chi connectivity index (χ2n) is 5.68. The molecular formula is C16H16N3O3ReRfRhS-3. The first-order chi connectivity index (χ1) is 10.9. The summed E-state index contributed by atoms with van der Waals surface area (Å²) in [5, 5.41) is 7.05. The molecule has 0 saturated carbocycles. The molecule has 1 fully saturated rings. The van der Waals surface area contributed by atoms with Gasteiger partial charge in [0.05, 0.1) is 5.25 Å². The van der Waals surface area contributed by atoms with Gasteiger partial charge in [0.25, 0.3) is 0 Å². The fourth-order valence-corrected chi connectivity index (χ4v) is 4.63. The molecule has 0 amide bonds. The first-order valence-corrected chi connectivity index (χ1v) is 8.80. The summed E-state index contributed by atoms with van der Waals surface area (Å²) in [6.45, 7) is 3.49. The van der Waals surface area contributed by atoms with E-state index >= 15 is 0 Å². The Labute approximate surface area is 174 Å². The van der Waals surface area contributed by atoms with E-state index in [2.05, 4.69) is 22.5 Å². The van der Waals surface area contributed by atoms with Gasteiger partial charge in [0.2, 0.25) is 0 Å². The fourth-order valence-electron chi connectivity index (χ4n) is 2.94. The van der Waals surface area contributed by atoms with Gasteiger partial charge in [-0.2, -0.15) is 30.3 Å². The topological polar surface area (TPSA) is 81.4 Å². The van der Waals surface area contributed by atoms with E-state index in [0.29, 0.717) is 11.4 Å². The van der Waals surface area contributed by atoms with Crippen molar-refractivity contribution in [2.45, 2.75) is 36.5 Å². The minimum Gasteiger partial charge on any atom is -0.534 e. The van der Waals surface area contributed by atoms with Crippen LogP contribution in [-0.4, -0.2) is 37.1 Å². The maximum atomic E-state index is 12.8. The molecule has 140 valence electrons. The standard InChI is InChI=1S/C16H16N3O3S.Re.Rf.Rh/c1-11-9-17-18-16(11)19-10-14(8-15(19)12(2)20)23(21,22)13-6-4-3-5-7-13;;;/h4-7,14-15H,8,10H2,1-2H3;;;/q-3;;;/t14-,15+;;;/m1.../s1. The van der Waals surface area contributed by atoms with E-state index in [9.17, 15) is 13.2 Å². The Morgan fingerprint density at radius 2 is 1.96 bits per heavy atom. The molecule has 2 atom stereocenters. The molecule has 6 nitrogen and oxygen atoms in total. The van der Waals surface area contributed by atoms with E-state index in [1.807, 2.05) is 0 Å². The third-order valence-corrected chi connectivity index (χ3v) is 6.31. The summed E-state index contributed by atoms with van der Waals surface area (Å²) in [4.78, 5) is 14.0. The van der Waals surface area contributed by atoms with Gasteiger partial charge in [0, 0.05) is 45.9 Å². The van der Waals surface area contributed by atoms with Gasteiger partial charge in [-0.25, -0.2) is 19.8 Å². The first kappa shape index (κ1) is 24.1. The van der Waals surface area contributed by atoms with Crippen molar-refractivity contribution in [3.05, 3.63) is 42.1 Å². The summed E-state index contributed by atoms with van der Waals surface area (Å²) >= 11 is 0. The number of benzene rings is 1. The Kier molecular flexibility index (Phi) is 8.52. The second-order valence-corrected chi connectivity index (χ2v) is 7.91. The van der Waals surface area contributed by atoms with Gasteiger partial charge in [-0.3, -0.25) is 4.79 Å². The number of carbonyl (C=O) groups is 1. The minimum absolute atomic E-state index is 0. The zero-order chi connectivity index (χ0) is 16.6. The van der Waals surface area contributed by atoms with Crippen LogP contribution in [0.1, 0.15) is 18.9 Å². The SMILES string of the molecule is CC(=O)[C@@H]1C[C@@H](S(=O)(=O)c2cc[c-]cc2)CN1c1[n-]n[c-]c1C.[Re].[Rf].[Rh]. The second kappa shape index (κ2) is 9.18. The number of hydrogen-bond acceptors (Lipinski definition) is 5. The molecule has 2 heterocycles. The number of ketones is 1. The van der Waals surface area contributed by atoms with E-state index in [4.69, 9.17) is 0 Å². The molecule has 0 N–H and O–H groups in total. The largest absolute Gasteiger partial charge is 0.534 e. The average Bonchev–Trinajstić information content (AvgIpc) is 3.14. The number of Topliss-reactive ketones (excluding diaryl/α,β-unsaturated/α-hetero) is 1. The third kappa shape index (κ3) is 4.27. The molecule has 0 aliphatic carbocycles. The molecule has 2 radical (unpaired) electrons. The molecule has 0 unspecified atom stereocenters. The quantitative estimate of drug-likeness (QED) is 0.337. The fraction of sp³-hybridized carbons (Fsp3) is 0.375. The van der Waals surface area contributed by atoms with Crippen molar-refractivity contribution in [2.75, 3.05) is 11.4 Å². The summed E-state index contributed by atoms with van der Waals surface area (Å²) in [7, 11) is -3.51. The Morgan fingerprint density at radius 1 is 1.35 bits per heavy atom. The van der Waals surface area contributed by atoms with E-state index < -0.39 is 21.1 Å². The number of aryl methyl sites for hydroxylation is 1. The zero-order valence-corrected chi connectivity index (χ0v) is 25.8. The number of sulfone groups is 1. The molecule has 1 saturated heterocycles. The minimum atomic E-state index is -3.51. The number of carbonyl (C=O) groups excluding carboxylic acids is 1. The Bertz CT molecular complexity index is 832. The maximum absolute atomic E-state index is 12.8. The van der Waals surface area contributed by atoms with Gasteiger partial charge >= 0.3 is 0 Å². The van der Waals surface area contributed by atoms with Crippen molar-refractivity contribution < 1.29 is 53.1 Å². The predicted molar refractivity (Wildman–Crippen MR) is 83.8 cm³/mol. The molecule has 2 aromatic rings. The molecule has 1 aliphatic heterocycles. The van der Waals surface area contributed by atoms with Gasteiger partial charge in [-0.1, -0.05) is 6.92 Å². The van der Waals surface area contributed by atoms with Gasteiger partial charge in [0.15, 0.2) is 9.84 Å². The summed E-state index contributed by atoms with van der Waals surface area (Å²) in [6.07, 6.45) is 2.98. The van der Waals surface area contributed by atoms with Crippen molar-refractivity contribution in [3.8, 4) is 0 Å². The molecule has 0 spiro atoms. The van der Waals surface area contributed by atoms with E-state index in [1.54, 1.807) is 24.0 Å². The van der Waals surface area contributed by atoms with Crippen LogP contribution >= 0.6 is 0 Å². The number of aromatic nitrogens is 2. The summed E-state index contributed by atoms with van der Waals surface area (Å²) in [5.74, 6) is 0.454. The molecule has 1 aromatic heterocycles. The van der Waals surface area contributed by atoms with Crippen molar-refractivity contribution in [2.24, 2.45) is 0 Å². The molecule has 1 aromatic carbocycles. The van der Waals surface area contributed by atoms with Crippen LogP contribution in [0.25, 0.3) is 0 Å². The molecule has 3 rings (SSSR count). The summed E-state index contributed by atoms with van der Waals surface area (Å²) in [5.41, 5.74) is 0.712. The number of hydrogen-bond donors (Lipinski definition) is 0. The van der Waals surface area contributed by atoms with Crippen LogP contribution in [0.4, 0.5) is 5.82 Å². The van der Waals surface area contributed by atoms with Gasteiger partial charge in [0.1, 0.15) is 5.78 Å². The van der Waals surface area contributed by atoms with Crippen molar-refractivity contribution >= 4 is 21.4 Å². The predicted octanol–water partition coefficient (Wildman–Crippen LogP) is 0.953. The van der Waals surface area contributed by atoms with Crippen LogP contribution in [-0.2, 0) is 54.5 Å². The van der Waals surface area contributed by atoms with Crippen LogP contribution < -0.4 is 10.00 Å². The number of anilines is 1. The molecule has 0 bridgehead atoms. The van der Waals surface area contributed by atoms with Crippen LogP contribution in [0.15, 0.2) is 29.2 Å². The Morgan fingerprint density at radius 3 is 2.46 bits per heavy atom. The van der Waals surface area contributed by atoms with E-state index in [-0.39, 0.29) is 63.5 Å².